The van der Waals surface area contributed by atoms with E-state index in [-0.39, 0.29) is 17.6 Å². The van der Waals surface area contributed by atoms with Crippen LogP contribution in [0.2, 0.25) is 5.02 Å². The van der Waals surface area contributed by atoms with Crippen molar-refractivity contribution >= 4 is 34.4 Å². The molecule has 1 aliphatic heterocycles. The first-order chi connectivity index (χ1) is 12.6. The van der Waals surface area contributed by atoms with Crippen LogP contribution in [0.3, 0.4) is 0 Å². The minimum atomic E-state index is -0.175. The number of halogens is 1. The minimum absolute atomic E-state index is 0.0661. The maximum Gasteiger partial charge on any atom is 0.289 e. The summed E-state index contributed by atoms with van der Waals surface area (Å²) in [6.45, 7) is 1.88. The van der Waals surface area contributed by atoms with Crippen LogP contribution in [-0.4, -0.2) is 52.8 Å². The van der Waals surface area contributed by atoms with Crippen LogP contribution >= 0.6 is 11.6 Å². The van der Waals surface area contributed by atoms with E-state index < -0.39 is 0 Å². The highest BCUT2D eigenvalue weighted by atomic mass is 35.5. The molecule has 0 atom stereocenters. The molecule has 1 saturated heterocycles. The molecule has 0 spiro atoms. The third-order valence-corrected chi connectivity index (χ3v) is 4.69. The molecule has 7 heteroatoms. The largest absolute Gasteiger partial charge is 0.451 e. The summed E-state index contributed by atoms with van der Waals surface area (Å²) in [4.78, 5) is 32.5. The second kappa shape index (κ2) is 6.80. The SMILES string of the molecule is O=C(c1cccnc1)N1CCN(C(=O)c2cc3cc(Cl)ccc3o2)CC1. The molecule has 1 aliphatic rings. The van der Waals surface area contributed by atoms with Gasteiger partial charge >= 0.3 is 0 Å². The molecule has 132 valence electrons. The van der Waals surface area contributed by atoms with Crippen molar-refractivity contribution in [3.05, 3.63) is 65.1 Å². The Kier molecular flexibility index (Phi) is 4.34. The molecule has 3 aromatic rings. The van der Waals surface area contributed by atoms with Gasteiger partial charge in [-0.25, -0.2) is 0 Å². The molecule has 0 aliphatic carbocycles. The number of rotatable bonds is 2. The number of furan rings is 1. The van der Waals surface area contributed by atoms with E-state index in [0.717, 1.165) is 5.39 Å². The molecular formula is C19H16ClN3O3. The molecule has 0 bridgehead atoms. The van der Waals surface area contributed by atoms with Crippen LogP contribution in [0, 0.1) is 0 Å². The van der Waals surface area contributed by atoms with Gasteiger partial charge in [-0.2, -0.15) is 0 Å². The molecular weight excluding hydrogens is 354 g/mol. The van der Waals surface area contributed by atoms with Gasteiger partial charge in [-0.3, -0.25) is 14.6 Å². The molecule has 1 aromatic carbocycles. The summed E-state index contributed by atoms with van der Waals surface area (Å²) < 4.78 is 5.64. The number of pyridine rings is 1. The highest BCUT2D eigenvalue weighted by molar-refractivity contribution is 6.31. The van der Waals surface area contributed by atoms with Crippen molar-refractivity contribution in [3.8, 4) is 0 Å². The van der Waals surface area contributed by atoms with E-state index in [1.807, 2.05) is 0 Å². The Bertz CT molecular complexity index is 963. The third kappa shape index (κ3) is 3.15. The maximum atomic E-state index is 12.7. The van der Waals surface area contributed by atoms with Gasteiger partial charge in [0, 0.05) is 49.0 Å². The number of benzene rings is 1. The number of hydrogen-bond donors (Lipinski definition) is 0. The average Bonchev–Trinajstić information content (AvgIpc) is 3.11. The van der Waals surface area contributed by atoms with Crippen LogP contribution < -0.4 is 0 Å². The van der Waals surface area contributed by atoms with E-state index in [4.69, 9.17) is 16.0 Å². The molecule has 0 radical (unpaired) electrons. The lowest BCUT2D eigenvalue weighted by atomic mass is 10.2. The number of nitrogens with zero attached hydrogens (tertiary/aromatic N) is 3. The molecule has 0 unspecified atom stereocenters. The number of piperazine rings is 1. The molecule has 2 amide bonds. The first-order valence-corrected chi connectivity index (χ1v) is 8.67. The van der Waals surface area contributed by atoms with E-state index in [1.54, 1.807) is 58.6 Å². The van der Waals surface area contributed by atoms with Crippen molar-refractivity contribution in [3.63, 3.8) is 0 Å². The fourth-order valence-corrected chi connectivity index (χ4v) is 3.24. The van der Waals surface area contributed by atoms with Crippen molar-refractivity contribution in [1.82, 2.24) is 14.8 Å². The minimum Gasteiger partial charge on any atom is -0.451 e. The van der Waals surface area contributed by atoms with Gasteiger partial charge in [0.25, 0.3) is 11.8 Å². The number of fused-ring (bicyclic) bond motifs is 1. The number of hydrogen-bond acceptors (Lipinski definition) is 4. The highest BCUT2D eigenvalue weighted by Crippen LogP contribution is 2.24. The predicted molar refractivity (Wildman–Crippen MR) is 97.3 cm³/mol. The lowest BCUT2D eigenvalue weighted by Gasteiger charge is -2.34. The molecule has 1 fully saturated rings. The zero-order chi connectivity index (χ0) is 18.1. The highest BCUT2D eigenvalue weighted by Gasteiger charge is 2.27. The van der Waals surface area contributed by atoms with Crippen LogP contribution in [0.25, 0.3) is 11.0 Å². The lowest BCUT2D eigenvalue weighted by Crippen LogP contribution is -2.50. The van der Waals surface area contributed by atoms with Crippen molar-refractivity contribution in [2.45, 2.75) is 0 Å². The summed E-state index contributed by atoms with van der Waals surface area (Å²) in [5, 5.41) is 1.39. The molecule has 0 N–H and O–H groups in total. The van der Waals surface area contributed by atoms with E-state index in [2.05, 4.69) is 4.98 Å². The Morgan fingerprint density at radius 1 is 1.00 bits per heavy atom. The van der Waals surface area contributed by atoms with Gasteiger partial charge in [0.2, 0.25) is 0 Å². The summed E-state index contributed by atoms with van der Waals surface area (Å²) in [5.74, 6) is 0.0451. The van der Waals surface area contributed by atoms with Crippen LogP contribution in [0.15, 0.2) is 53.2 Å². The van der Waals surface area contributed by atoms with Crippen LogP contribution in [0.1, 0.15) is 20.9 Å². The summed E-state index contributed by atoms with van der Waals surface area (Å²) >= 11 is 5.97. The maximum absolute atomic E-state index is 12.7. The Hall–Kier alpha value is -2.86. The third-order valence-electron chi connectivity index (χ3n) is 4.45. The van der Waals surface area contributed by atoms with Gasteiger partial charge in [0.1, 0.15) is 5.58 Å². The summed E-state index contributed by atoms with van der Waals surface area (Å²) in [6, 6.07) is 10.4. The van der Waals surface area contributed by atoms with Gasteiger partial charge in [-0.1, -0.05) is 11.6 Å². The normalized spacial score (nSPS) is 14.7. The van der Waals surface area contributed by atoms with Gasteiger partial charge in [-0.05, 0) is 36.4 Å². The fourth-order valence-electron chi connectivity index (χ4n) is 3.06. The topological polar surface area (TPSA) is 66.7 Å². The Morgan fingerprint density at radius 2 is 1.73 bits per heavy atom. The van der Waals surface area contributed by atoms with Gasteiger partial charge in [-0.15, -0.1) is 0 Å². The van der Waals surface area contributed by atoms with E-state index in [0.29, 0.717) is 42.3 Å². The second-order valence-corrected chi connectivity index (χ2v) is 6.56. The van der Waals surface area contributed by atoms with Gasteiger partial charge in [0.05, 0.1) is 5.56 Å². The van der Waals surface area contributed by atoms with Crippen LogP contribution in [-0.2, 0) is 0 Å². The summed E-state index contributed by atoms with van der Waals surface area (Å²) in [6.07, 6.45) is 3.19. The van der Waals surface area contributed by atoms with E-state index >= 15 is 0 Å². The zero-order valence-electron chi connectivity index (χ0n) is 13.9. The van der Waals surface area contributed by atoms with E-state index in [1.165, 1.54) is 0 Å². The first kappa shape index (κ1) is 16.6. The van der Waals surface area contributed by atoms with Crippen LogP contribution in [0.4, 0.5) is 0 Å². The molecule has 26 heavy (non-hydrogen) atoms. The Labute approximate surface area is 155 Å². The van der Waals surface area contributed by atoms with Gasteiger partial charge < -0.3 is 14.2 Å². The average molecular weight is 370 g/mol. The Morgan fingerprint density at radius 3 is 2.42 bits per heavy atom. The van der Waals surface area contributed by atoms with Crippen molar-refractivity contribution in [2.24, 2.45) is 0 Å². The monoisotopic (exact) mass is 369 g/mol. The molecule has 2 aromatic heterocycles. The Balaban J connectivity index is 1.43. The van der Waals surface area contributed by atoms with Crippen molar-refractivity contribution < 1.29 is 14.0 Å². The quantitative estimate of drug-likeness (QED) is 0.696. The zero-order valence-corrected chi connectivity index (χ0v) is 14.6. The molecule has 6 nitrogen and oxygen atoms in total. The first-order valence-electron chi connectivity index (χ1n) is 8.29. The molecule has 0 saturated carbocycles. The number of aromatic nitrogens is 1. The summed E-state index contributed by atoms with van der Waals surface area (Å²) in [5.41, 5.74) is 1.18. The second-order valence-electron chi connectivity index (χ2n) is 6.12. The fraction of sp³-hybridized carbons (Fsp3) is 0.211. The molecule has 4 rings (SSSR count). The van der Waals surface area contributed by atoms with Crippen LogP contribution in [0.5, 0.6) is 0 Å². The standard InChI is InChI=1S/C19H16ClN3O3/c20-15-3-4-16-14(10-15)11-17(26-16)19(25)23-8-6-22(7-9-23)18(24)13-2-1-5-21-12-13/h1-5,10-12H,6-9H2. The molecule has 3 heterocycles. The number of carbonyl (C=O) groups excluding carboxylic acids is 2. The van der Waals surface area contributed by atoms with Crippen molar-refractivity contribution in [1.29, 1.82) is 0 Å². The van der Waals surface area contributed by atoms with Gasteiger partial charge in [0.15, 0.2) is 5.76 Å². The number of amides is 2. The smallest absolute Gasteiger partial charge is 0.289 e. The van der Waals surface area contributed by atoms with Crippen molar-refractivity contribution in [2.75, 3.05) is 26.2 Å². The van der Waals surface area contributed by atoms with E-state index in [9.17, 15) is 9.59 Å². The lowest BCUT2D eigenvalue weighted by molar-refractivity contribution is 0.0519. The summed E-state index contributed by atoms with van der Waals surface area (Å²) in [7, 11) is 0. The predicted octanol–water partition coefficient (Wildman–Crippen LogP) is 3.08. The number of carbonyl (C=O) groups is 2.